The molecule has 7 heteroatoms. The Morgan fingerprint density at radius 2 is 1.74 bits per heavy atom. The average molecular weight is 433 g/mol. The average Bonchev–Trinajstić information content (AvgIpc) is 2.87. The van der Waals surface area contributed by atoms with E-state index in [9.17, 15) is 9.59 Å². The van der Waals surface area contributed by atoms with E-state index >= 15 is 0 Å². The molecule has 2 aromatic rings. The third kappa shape index (κ3) is 4.08. The number of hydrogen-bond acceptors (Lipinski definition) is 4. The van der Waals surface area contributed by atoms with Crippen LogP contribution in [0.5, 0.6) is 11.5 Å². The number of carbonyl (C=O) groups is 2. The first-order valence-corrected chi connectivity index (χ1v) is 9.49. The number of nitrogens with one attached hydrogen (secondary N) is 1. The van der Waals surface area contributed by atoms with Gasteiger partial charge in [0.2, 0.25) is 0 Å². The van der Waals surface area contributed by atoms with E-state index in [2.05, 4.69) is 21.2 Å². The largest absolute Gasteiger partial charge is 0.494 e. The van der Waals surface area contributed by atoms with E-state index in [-0.39, 0.29) is 19.1 Å². The van der Waals surface area contributed by atoms with Gasteiger partial charge in [0.25, 0.3) is 5.91 Å². The monoisotopic (exact) mass is 432 g/mol. The highest BCUT2D eigenvalue weighted by atomic mass is 79.9. The maximum Gasteiger partial charge on any atom is 0.325 e. The van der Waals surface area contributed by atoms with Crippen LogP contribution in [0.25, 0.3) is 0 Å². The second-order valence-electron chi connectivity index (χ2n) is 6.28. The number of rotatable bonds is 7. The minimum absolute atomic E-state index is 0.168. The van der Waals surface area contributed by atoms with Crippen LogP contribution in [0.15, 0.2) is 53.0 Å². The van der Waals surface area contributed by atoms with Crippen molar-refractivity contribution < 1.29 is 19.1 Å². The van der Waals surface area contributed by atoms with Crippen LogP contribution in [0.2, 0.25) is 0 Å². The molecule has 3 amide bonds. The van der Waals surface area contributed by atoms with Gasteiger partial charge in [0.05, 0.1) is 13.2 Å². The maximum absolute atomic E-state index is 12.9. The number of hydrogen-bond donors (Lipinski definition) is 1. The van der Waals surface area contributed by atoms with Crippen molar-refractivity contribution in [2.75, 3.05) is 19.8 Å². The van der Waals surface area contributed by atoms with Crippen LogP contribution < -0.4 is 14.8 Å². The van der Waals surface area contributed by atoms with Gasteiger partial charge in [-0.05, 0) is 55.8 Å². The van der Waals surface area contributed by atoms with Crippen molar-refractivity contribution in [3.63, 3.8) is 0 Å². The van der Waals surface area contributed by atoms with E-state index in [0.717, 1.165) is 15.8 Å². The molecule has 27 heavy (non-hydrogen) atoms. The van der Waals surface area contributed by atoms with E-state index in [1.807, 2.05) is 43.3 Å². The lowest BCUT2D eigenvalue weighted by Gasteiger charge is -2.22. The Bertz CT molecular complexity index is 840. The van der Waals surface area contributed by atoms with Crippen molar-refractivity contribution in [2.45, 2.75) is 19.4 Å². The quantitative estimate of drug-likeness (QED) is 0.677. The summed E-state index contributed by atoms with van der Waals surface area (Å²) in [6.07, 6.45) is 0. The Morgan fingerprint density at radius 1 is 1.07 bits per heavy atom. The van der Waals surface area contributed by atoms with Crippen molar-refractivity contribution in [1.29, 1.82) is 0 Å². The fourth-order valence-electron chi connectivity index (χ4n) is 2.95. The molecule has 3 rings (SSSR count). The van der Waals surface area contributed by atoms with Gasteiger partial charge < -0.3 is 14.8 Å². The summed E-state index contributed by atoms with van der Waals surface area (Å²) in [7, 11) is 0. The predicted molar refractivity (Wildman–Crippen MR) is 105 cm³/mol. The molecule has 1 aliphatic rings. The Hall–Kier alpha value is -2.54. The Morgan fingerprint density at radius 3 is 2.37 bits per heavy atom. The highest BCUT2D eigenvalue weighted by Gasteiger charge is 2.48. The molecule has 1 unspecified atom stereocenters. The fourth-order valence-corrected chi connectivity index (χ4v) is 3.35. The summed E-state index contributed by atoms with van der Waals surface area (Å²) >= 11 is 3.40. The summed E-state index contributed by atoms with van der Waals surface area (Å²) in [4.78, 5) is 26.4. The number of imide groups is 1. The third-order valence-corrected chi connectivity index (χ3v) is 4.89. The molecule has 0 saturated carbocycles. The highest BCUT2D eigenvalue weighted by Crippen LogP contribution is 2.30. The highest BCUT2D eigenvalue weighted by molar-refractivity contribution is 9.10. The van der Waals surface area contributed by atoms with Crippen molar-refractivity contribution in [3.8, 4) is 11.5 Å². The molecule has 0 spiro atoms. The lowest BCUT2D eigenvalue weighted by molar-refractivity contribution is -0.131. The van der Waals surface area contributed by atoms with E-state index < -0.39 is 11.6 Å². The molecule has 6 nitrogen and oxygen atoms in total. The molecular formula is C20H21BrN2O4. The van der Waals surface area contributed by atoms with Crippen molar-refractivity contribution in [1.82, 2.24) is 10.2 Å². The number of nitrogens with zero attached hydrogens (tertiary/aromatic N) is 1. The van der Waals surface area contributed by atoms with Crippen molar-refractivity contribution >= 4 is 27.9 Å². The third-order valence-electron chi connectivity index (χ3n) is 4.40. The number of ether oxygens (including phenoxy) is 2. The van der Waals surface area contributed by atoms with Gasteiger partial charge in [-0.3, -0.25) is 9.69 Å². The summed E-state index contributed by atoms with van der Waals surface area (Å²) in [6.45, 7) is 4.61. The fraction of sp³-hybridized carbons (Fsp3) is 0.300. The normalized spacial score (nSPS) is 19.1. The van der Waals surface area contributed by atoms with Gasteiger partial charge in [0, 0.05) is 4.47 Å². The maximum atomic E-state index is 12.9. The molecule has 0 radical (unpaired) electrons. The lowest BCUT2D eigenvalue weighted by Crippen LogP contribution is -2.41. The number of halogens is 1. The second kappa shape index (κ2) is 8.00. The zero-order valence-electron chi connectivity index (χ0n) is 15.2. The van der Waals surface area contributed by atoms with Crippen LogP contribution in [0.3, 0.4) is 0 Å². The molecule has 1 atom stereocenters. The van der Waals surface area contributed by atoms with E-state index in [0.29, 0.717) is 12.4 Å². The summed E-state index contributed by atoms with van der Waals surface area (Å²) < 4.78 is 11.9. The van der Waals surface area contributed by atoms with Crippen LogP contribution in [0, 0.1) is 0 Å². The summed E-state index contributed by atoms with van der Waals surface area (Å²) in [5, 5.41) is 2.79. The lowest BCUT2D eigenvalue weighted by atomic mass is 9.92. The summed E-state index contributed by atoms with van der Waals surface area (Å²) in [5.41, 5.74) is -0.356. The molecule has 1 saturated heterocycles. The first kappa shape index (κ1) is 19.2. The van der Waals surface area contributed by atoms with E-state index in [1.165, 1.54) is 4.90 Å². The SMILES string of the molecule is CCOc1ccc(OCCN2C(=O)NC(C)(c3cccc(Br)c3)C2=O)cc1. The zero-order valence-corrected chi connectivity index (χ0v) is 16.8. The van der Waals surface area contributed by atoms with E-state index in [1.54, 1.807) is 19.1 Å². The molecule has 1 heterocycles. The van der Waals surface area contributed by atoms with Crippen LogP contribution in [-0.2, 0) is 10.3 Å². The molecule has 0 aromatic heterocycles. The Balaban J connectivity index is 1.62. The van der Waals surface area contributed by atoms with Gasteiger partial charge >= 0.3 is 6.03 Å². The predicted octanol–water partition coefficient (Wildman–Crippen LogP) is 3.69. The minimum Gasteiger partial charge on any atom is -0.494 e. The van der Waals surface area contributed by atoms with E-state index in [4.69, 9.17) is 9.47 Å². The van der Waals surface area contributed by atoms with Crippen LogP contribution >= 0.6 is 15.9 Å². The van der Waals surface area contributed by atoms with Crippen LogP contribution in [0.1, 0.15) is 19.4 Å². The molecule has 0 aliphatic carbocycles. The molecule has 1 fully saturated rings. The standard InChI is InChI=1S/C20H21BrN2O4/c1-3-26-16-7-9-17(10-8-16)27-12-11-23-18(24)20(2,22-19(23)25)14-5-4-6-15(21)13-14/h4-10,13H,3,11-12H2,1-2H3,(H,22,25). The van der Waals surface area contributed by atoms with Crippen molar-refractivity contribution in [3.05, 3.63) is 58.6 Å². The molecule has 1 N–H and O–H groups in total. The second-order valence-corrected chi connectivity index (χ2v) is 7.19. The minimum atomic E-state index is -1.08. The Kier molecular flexibility index (Phi) is 5.70. The van der Waals surface area contributed by atoms with Gasteiger partial charge in [-0.15, -0.1) is 0 Å². The van der Waals surface area contributed by atoms with Gasteiger partial charge in [-0.25, -0.2) is 4.79 Å². The van der Waals surface area contributed by atoms with Crippen LogP contribution in [-0.4, -0.2) is 36.6 Å². The zero-order chi connectivity index (χ0) is 19.4. The number of benzene rings is 2. The topological polar surface area (TPSA) is 67.9 Å². The first-order chi connectivity index (χ1) is 12.9. The Labute approximate surface area is 166 Å². The molecular weight excluding hydrogens is 412 g/mol. The first-order valence-electron chi connectivity index (χ1n) is 8.70. The van der Waals surface area contributed by atoms with Crippen LogP contribution in [0.4, 0.5) is 4.79 Å². The molecule has 1 aliphatic heterocycles. The molecule has 2 aromatic carbocycles. The number of carbonyl (C=O) groups excluding carboxylic acids is 2. The van der Waals surface area contributed by atoms with Crippen molar-refractivity contribution in [2.24, 2.45) is 0 Å². The van der Waals surface area contributed by atoms with Gasteiger partial charge in [-0.2, -0.15) is 0 Å². The molecule has 142 valence electrons. The smallest absolute Gasteiger partial charge is 0.325 e. The summed E-state index contributed by atoms with van der Waals surface area (Å²) in [6, 6.07) is 14.2. The number of amides is 3. The van der Waals surface area contributed by atoms with Gasteiger partial charge in [0.1, 0.15) is 23.6 Å². The number of urea groups is 1. The molecule has 0 bridgehead atoms. The van der Waals surface area contributed by atoms with Gasteiger partial charge in [0.15, 0.2) is 0 Å². The summed E-state index contributed by atoms with van der Waals surface area (Å²) in [5.74, 6) is 1.13. The van der Waals surface area contributed by atoms with Gasteiger partial charge in [-0.1, -0.05) is 28.1 Å².